The van der Waals surface area contributed by atoms with Gasteiger partial charge in [-0.25, -0.2) is 12.8 Å². The number of sulfone groups is 1. The lowest BCUT2D eigenvalue weighted by atomic mass is 10.1. The maximum Gasteiger partial charge on any atom is 0.150 e. The third-order valence-electron chi connectivity index (χ3n) is 2.11. The molecule has 0 aromatic rings. The molecule has 0 aromatic carbocycles. The summed E-state index contributed by atoms with van der Waals surface area (Å²) in [5.41, 5.74) is -0.132. The Hall–Kier alpha value is -0.160. The van der Waals surface area contributed by atoms with E-state index in [9.17, 15) is 12.8 Å². The molecule has 0 aliphatic carbocycles. The molecule has 0 rings (SSSR count). The summed E-state index contributed by atoms with van der Waals surface area (Å²) in [4.78, 5) is 0. The SMILES string of the molecule is CCCS(=O)(=O)CCC(F)CNC(C)(C)C. The summed E-state index contributed by atoms with van der Waals surface area (Å²) in [5, 5.41) is 3.02. The van der Waals surface area contributed by atoms with Crippen molar-refractivity contribution in [3.8, 4) is 0 Å². The van der Waals surface area contributed by atoms with E-state index in [0.29, 0.717) is 6.42 Å². The summed E-state index contributed by atoms with van der Waals surface area (Å²) in [5.74, 6) is 0.111. The number of rotatable bonds is 7. The van der Waals surface area contributed by atoms with Gasteiger partial charge < -0.3 is 5.32 Å². The van der Waals surface area contributed by atoms with Crippen molar-refractivity contribution in [2.45, 2.75) is 52.2 Å². The molecule has 1 N–H and O–H groups in total. The van der Waals surface area contributed by atoms with Crippen LogP contribution in [-0.2, 0) is 9.84 Å². The summed E-state index contributed by atoms with van der Waals surface area (Å²) in [7, 11) is -3.05. The highest BCUT2D eigenvalue weighted by Crippen LogP contribution is 2.05. The molecule has 0 heterocycles. The Morgan fingerprint density at radius 2 is 1.81 bits per heavy atom. The number of nitrogens with one attached hydrogen (secondary N) is 1. The summed E-state index contributed by atoms with van der Waals surface area (Å²) >= 11 is 0. The average Bonchev–Trinajstić information content (AvgIpc) is 2.10. The van der Waals surface area contributed by atoms with Crippen LogP contribution in [0.25, 0.3) is 0 Å². The Labute approximate surface area is 98.7 Å². The van der Waals surface area contributed by atoms with Crippen LogP contribution in [0.3, 0.4) is 0 Å². The molecule has 1 atom stereocenters. The zero-order valence-corrected chi connectivity index (χ0v) is 11.5. The van der Waals surface area contributed by atoms with E-state index in [0.717, 1.165) is 0 Å². The van der Waals surface area contributed by atoms with Gasteiger partial charge in [0.1, 0.15) is 16.0 Å². The van der Waals surface area contributed by atoms with Gasteiger partial charge >= 0.3 is 0 Å². The van der Waals surface area contributed by atoms with E-state index < -0.39 is 16.0 Å². The Balaban J connectivity index is 3.86. The lowest BCUT2D eigenvalue weighted by Gasteiger charge is -2.21. The van der Waals surface area contributed by atoms with Crippen LogP contribution in [0.1, 0.15) is 40.5 Å². The van der Waals surface area contributed by atoms with Gasteiger partial charge in [0.2, 0.25) is 0 Å². The van der Waals surface area contributed by atoms with E-state index in [1.165, 1.54) is 0 Å². The molecule has 0 bridgehead atoms. The van der Waals surface area contributed by atoms with Crippen LogP contribution in [-0.4, -0.2) is 38.2 Å². The second-order valence-corrected chi connectivity index (χ2v) is 7.47. The highest BCUT2D eigenvalue weighted by molar-refractivity contribution is 7.91. The minimum Gasteiger partial charge on any atom is -0.309 e. The molecular formula is C11H24FNO2S. The second kappa shape index (κ2) is 6.55. The van der Waals surface area contributed by atoms with E-state index in [1.807, 2.05) is 27.7 Å². The maximum atomic E-state index is 13.4. The van der Waals surface area contributed by atoms with Crippen molar-refractivity contribution < 1.29 is 12.8 Å². The summed E-state index contributed by atoms with van der Waals surface area (Å²) in [6, 6.07) is 0. The minimum absolute atomic E-state index is 0.0478. The number of halogens is 1. The average molecular weight is 253 g/mol. The van der Waals surface area contributed by atoms with Gasteiger partial charge in [0.15, 0.2) is 0 Å². The van der Waals surface area contributed by atoms with Crippen LogP contribution >= 0.6 is 0 Å². The first-order valence-electron chi connectivity index (χ1n) is 5.76. The first-order valence-corrected chi connectivity index (χ1v) is 7.58. The summed E-state index contributed by atoms with van der Waals surface area (Å²) in [6.07, 6.45) is -0.406. The lowest BCUT2D eigenvalue weighted by Crippen LogP contribution is -2.40. The van der Waals surface area contributed by atoms with Crippen molar-refractivity contribution >= 4 is 9.84 Å². The standard InChI is InChI=1S/C11H24FNO2S/c1-5-7-16(14,15)8-6-10(12)9-13-11(2,3)4/h10,13H,5-9H2,1-4H3. The highest BCUT2D eigenvalue weighted by Gasteiger charge is 2.16. The molecule has 5 heteroatoms. The molecule has 0 aliphatic rings. The zero-order valence-electron chi connectivity index (χ0n) is 10.7. The zero-order chi connectivity index (χ0) is 12.8. The quantitative estimate of drug-likeness (QED) is 0.754. The number of hydrogen-bond donors (Lipinski definition) is 1. The number of hydrogen-bond acceptors (Lipinski definition) is 3. The molecule has 98 valence electrons. The molecule has 0 saturated heterocycles. The Bertz CT molecular complexity index is 283. The van der Waals surface area contributed by atoms with Gasteiger partial charge in [0.25, 0.3) is 0 Å². The van der Waals surface area contributed by atoms with Crippen molar-refractivity contribution in [1.29, 1.82) is 0 Å². The monoisotopic (exact) mass is 253 g/mol. The fourth-order valence-electron chi connectivity index (χ4n) is 1.24. The Morgan fingerprint density at radius 1 is 1.25 bits per heavy atom. The fourth-order valence-corrected chi connectivity index (χ4v) is 2.68. The molecule has 0 spiro atoms. The van der Waals surface area contributed by atoms with Gasteiger partial charge in [-0.3, -0.25) is 0 Å². The minimum atomic E-state index is -3.05. The smallest absolute Gasteiger partial charge is 0.150 e. The third kappa shape index (κ3) is 9.09. The topological polar surface area (TPSA) is 46.2 Å². The van der Waals surface area contributed by atoms with Crippen LogP contribution < -0.4 is 5.32 Å². The van der Waals surface area contributed by atoms with Crippen LogP contribution in [0.5, 0.6) is 0 Å². The first-order chi connectivity index (χ1) is 7.16. The maximum absolute atomic E-state index is 13.4. The molecule has 3 nitrogen and oxygen atoms in total. The van der Waals surface area contributed by atoms with E-state index in [4.69, 9.17) is 0 Å². The van der Waals surface area contributed by atoms with Crippen molar-refractivity contribution in [3.05, 3.63) is 0 Å². The highest BCUT2D eigenvalue weighted by atomic mass is 32.2. The molecule has 0 aliphatic heterocycles. The summed E-state index contributed by atoms with van der Waals surface area (Å²) in [6.45, 7) is 7.88. The third-order valence-corrected chi connectivity index (χ3v) is 4.00. The molecule has 1 unspecified atom stereocenters. The molecule has 0 radical (unpaired) electrons. The fraction of sp³-hybridized carbons (Fsp3) is 1.00. The number of alkyl halides is 1. The van der Waals surface area contributed by atoms with Crippen LogP contribution in [0.2, 0.25) is 0 Å². The van der Waals surface area contributed by atoms with Crippen LogP contribution in [0, 0.1) is 0 Å². The van der Waals surface area contributed by atoms with E-state index >= 15 is 0 Å². The van der Waals surface area contributed by atoms with Gasteiger partial charge in [0.05, 0.1) is 5.75 Å². The lowest BCUT2D eigenvalue weighted by molar-refractivity contribution is 0.280. The van der Waals surface area contributed by atoms with Gasteiger partial charge in [-0.1, -0.05) is 6.92 Å². The molecule has 16 heavy (non-hydrogen) atoms. The first kappa shape index (κ1) is 15.8. The van der Waals surface area contributed by atoms with Gasteiger partial charge in [-0.05, 0) is 33.6 Å². The van der Waals surface area contributed by atoms with Crippen LogP contribution in [0.4, 0.5) is 4.39 Å². The van der Waals surface area contributed by atoms with E-state index in [1.54, 1.807) is 0 Å². The summed E-state index contributed by atoms with van der Waals surface area (Å²) < 4.78 is 36.1. The molecular weight excluding hydrogens is 229 g/mol. The predicted octanol–water partition coefficient (Wildman–Crippen LogP) is 1.93. The normalized spacial score (nSPS) is 15.1. The van der Waals surface area contributed by atoms with E-state index in [-0.39, 0.29) is 30.0 Å². The molecule has 0 saturated carbocycles. The Morgan fingerprint density at radius 3 is 2.25 bits per heavy atom. The van der Waals surface area contributed by atoms with E-state index in [2.05, 4.69) is 5.32 Å². The van der Waals surface area contributed by atoms with Gasteiger partial charge in [-0.15, -0.1) is 0 Å². The van der Waals surface area contributed by atoms with Crippen molar-refractivity contribution in [2.24, 2.45) is 0 Å². The molecule has 0 amide bonds. The largest absolute Gasteiger partial charge is 0.309 e. The van der Waals surface area contributed by atoms with Crippen molar-refractivity contribution in [2.75, 3.05) is 18.1 Å². The van der Waals surface area contributed by atoms with Gasteiger partial charge in [-0.2, -0.15) is 0 Å². The predicted molar refractivity (Wildman–Crippen MR) is 66.2 cm³/mol. The van der Waals surface area contributed by atoms with Crippen molar-refractivity contribution in [3.63, 3.8) is 0 Å². The van der Waals surface area contributed by atoms with Crippen molar-refractivity contribution in [1.82, 2.24) is 5.32 Å². The van der Waals surface area contributed by atoms with Gasteiger partial charge in [0, 0.05) is 17.8 Å². The Kier molecular flexibility index (Phi) is 6.48. The molecule has 0 fully saturated rings. The van der Waals surface area contributed by atoms with Crippen LogP contribution in [0.15, 0.2) is 0 Å². The molecule has 0 aromatic heterocycles. The second-order valence-electron chi connectivity index (χ2n) is 5.17.